The van der Waals surface area contributed by atoms with Crippen LogP contribution in [0, 0.1) is 0 Å². The van der Waals surface area contributed by atoms with Crippen molar-refractivity contribution in [3.8, 4) is 0 Å². The average molecular weight is 944 g/mol. The van der Waals surface area contributed by atoms with Crippen molar-refractivity contribution in [2.75, 3.05) is 13.2 Å². The molecule has 9 nitrogen and oxygen atoms in total. The number of hydrogen-bond acceptors (Lipinski definition) is 8. The molecule has 1 fully saturated rings. The molecule has 9 heteroatoms. The molecule has 0 radical (unpaired) electrons. The van der Waals surface area contributed by atoms with Gasteiger partial charge in [-0.2, -0.15) is 0 Å². The zero-order valence-corrected chi connectivity index (χ0v) is 43.1. The highest BCUT2D eigenvalue weighted by molar-refractivity contribution is 5.76. The Morgan fingerprint density at radius 1 is 0.522 bits per heavy atom. The van der Waals surface area contributed by atoms with Crippen molar-refractivity contribution < 1.29 is 39.8 Å². The molecule has 0 aromatic rings. The van der Waals surface area contributed by atoms with E-state index in [2.05, 4.69) is 67.8 Å². The van der Waals surface area contributed by atoms with Gasteiger partial charge in [-0.15, -0.1) is 0 Å². The molecule has 0 saturated carbocycles. The maximum atomic E-state index is 13.0. The fraction of sp³-hybridized carbons (Fsp3) is 0.810. The number of amides is 1. The Kier molecular flexibility index (Phi) is 44.7. The molecule has 1 heterocycles. The number of ether oxygens (including phenoxy) is 2. The van der Waals surface area contributed by atoms with Crippen molar-refractivity contribution >= 4 is 5.91 Å². The van der Waals surface area contributed by atoms with Gasteiger partial charge >= 0.3 is 0 Å². The average Bonchev–Trinajstić information content (AvgIpc) is 3.33. The van der Waals surface area contributed by atoms with Crippen LogP contribution in [0.4, 0.5) is 0 Å². The number of aliphatic hydroxyl groups excluding tert-OH is 5. The standard InChI is InChI=1S/C58H105NO8/c1-3-5-7-9-11-13-15-17-19-21-23-25-26-28-30-32-34-36-38-40-42-44-46-48-54(62)59-51(50-66-58-57(65)56(64)55(63)53(49-60)67-58)52(61)47-45-43-41-39-37-35-33-31-29-27-24-22-20-18-16-14-12-10-8-6-4-2/h5,7,11,13,17,19,23,25,45,47,51-53,55-58,60-61,63-65H,3-4,6,8-10,12,14-16,18,20-22,24,26-44,46,48-50H2,1-2H3,(H,59,62)/b7-5-,13-11-,19-17-,25-23-,47-45+. The fourth-order valence-corrected chi connectivity index (χ4v) is 8.68. The Morgan fingerprint density at radius 3 is 1.37 bits per heavy atom. The molecule has 0 aromatic carbocycles. The van der Waals surface area contributed by atoms with Crippen LogP contribution >= 0.6 is 0 Å². The molecule has 6 N–H and O–H groups in total. The second kappa shape index (κ2) is 47.6. The molecule has 0 aliphatic carbocycles. The van der Waals surface area contributed by atoms with E-state index in [4.69, 9.17) is 9.47 Å². The highest BCUT2D eigenvalue weighted by Crippen LogP contribution is 2.23. The third kappa shape index (κ3) is 37.4. The highest BCUT2D eigenvalue weighted by atomic mass is 16.7. The van der Waals surface area contributed by atoms with Crippen LogP contribution in [-0.4, -0.2) is 87.5 Å². The van der Waals surface area contributed by atoms with E-state index in [1.807, 2.05) is 6.08 Å². The second-order valence-corrected chi connectivity index (χ2v) is 19.4. The van der Waals surface area contributed by atoms with Crippen molar-refractivity contribution in [1.82, 2.24) is 5.32 Å². The first-order valence-corrected chi connectivity index (χ1v) is 28.0. The topological polar surface area (TPSA) is 149 Å². The quantitative estimate of drug-likeness (QED) is 0.0261. The SMILES string of the molecule is CC/C=C\C/C=C\C/C=C\C/C=C\CCCCCCCCCCCCC(=O)NC(COC1OC(CO)C(O)C(O)C1O)C(O)/C=C/CCCCCCCCCCCCCCCCCCCCC. The van der Waals surface area contributed by atoms with Crippen molar-refractivity contribution in [2.45, 2.75) is 288 Å². The molecule has 7 atom stereocenters. The van der Waals surface area contributed by atoms with Crippen LogP contribution in [-0.2, 0) is 14.3 Å². The normalized spacial score (nSPS) is 20.1. The van der Waals surface area contributed by atoms with Gasteiger partial charge in [0.1, 0.15) is 24.4 Å². The summed E-state index contributed by atoms with van der Waals surface area (Å²) in [7, 11) is 0. The van der Waals surface area contributed by atoms with Crippen LogP contribution in [0.2, 0.25) is 0 Å². The van der Waals surface area contributed by atoms with Gasteiger partial charge in [-0.1, -0.05) is 242 Å². The molecule has 7 unspecified atom stereocenters. The molecule has 1 aliphatic rings. The first kappa shape index (κ1) is 62.9. The molecule has 1 amide bonds. The van der Waals surface area contributed by atoms with Crippen LogP contribution in [0.3, 0.4) is 0 Å². The van der Waals surface area contributed by atoms with Gasteiger partial charge in [-0.3, -0.25) is 4.79 Å². The summed E-state index contributed by atoms with van der Waals surface area (Å²) in [4.78, 5) is 13.0. The molecule has 390 valence electrons. The molecule has 1 saturated heterocycles. The summed E-state index contributed by atoms with van der Waals surface area (Å²) >= 11 is 0. The number of nitrogens with one attached hydrogen (secondary N) is 1. The zero-order chi connectivity index (χ0) is 48.7. The monoisotopic (exact) mass is 944 g/mol. The van der Waals surface area contributed by atoms with E-state index >= 15 is 0 Å². The summed E-state index contributed by atoms with van der Waals surface area (Å²) in [6.07, 6.45) is 57.0. The van der Waals surface area contributed by atoms with Gasteiger partial charge in [0.15, 0.2) is 6.29 Å². The molecule has 0 bridgehead atoms. The van der Waals surface area contributed by atoms with Gasteiger partial charge < -0.3 is 40.3 Å². The summed E-state index contributed by atoms with van der Waals surface area (Å²) < 4.78 is 11.3. The zero-order valence-electron chi connectivity index (χ0n) is 43.1. The smallest absolute Gasteiger partial charge is 0.220 e. The molecule has 0 aromatic heterocycles. The number of hydrogen-bond donors (Lipinski definition) is 6. The van der Waals surface area contributed by atoms with E-state index < -0.39 is 49.5 Å². The minimum absolute atomic E-state index is 0.182. The third-order valence-corrected chi connectivity index (χ3v) is 13.1. The van der Waals surface area contributed by atoms with E-state index in [9.17, 15) is 30.3 Å². The maximum Gasteiger partial charge on any atom is 0.220 e. The lowest BCUT2D eigenvalue weighted by molar-refractivity contribution is -0.302. The Hall–Kier alpha value is -2.11. The largest absolute Gasteiger partial charge is 0.394 e. The number of aliphatic hydroxyl groups is 5. The molecule has 67 heavy (non-hydrogen) atoms. The maximum absolute atomic E-state index is 13.0. The second-order valence-electron chi connectivity index (χ2n) is 19.4. The van der Waals surface area contributed by atoms with Crippen molar-refractivity contribution in [1.29, 1.82) is 0 Å². The number of allylic oxidation sites excluding steroid dienone is 9. The number of carbonyl (C=O) groups is 1. The third-order valence-electron chi connectivity index (χ3n) is 13.1. The Morgan fingerprint density at radius 2 is 0.925 bits per heavy atom. The first-order valence-electron chi connectivity index (χ1n) is 28.0. The first-order chi connectivity index (χ1) is 32.8. The van der Waals surface area contributed by atoms with Crippen LogP contribution in [0.5, 0.6) is 0 Å². The number of unbranched alkanes of at least 4 members (excludes halogenated alkanes) is 29. The lowest BCUT2D eigenvalue weighted by Crippen LogP contribution is -2.60. The summed E-state index contributed by atoms with van der Waals surface area (Å²) in [6, 6.07) is -0.810. The lowest BCUT2D eigenvalue weighted by Gasteiger charge is -2.40. The van der Waals surface area contributed by atoms with E-state index in [-0.39, 0.29) is 12.5 Å². The van der Waals surface area contributed by atoms with Crippen molar-refractivity contribution in [3.05, 3.63) is 60.8 Å². The van der Waals surface area contributed by atoms with Gasteiger partial charge in [0.2, 0.25) is 5.91 Å². The van der Waals surface area contributed by atoms with Crippen LogP contribution in [0.15, 0.2) is 60.8 Å². The molecule has 1 rings (SSSR count). The summed E-state index contributed by atoms with van der Waals surface area (Å²) in [5.41, 5.74) is 0. The molecular formula is C58H105NO8. The molecule has 1 aliphatic heterocycles. The number of carbonyl (C=O) groups excluding carboxylic acids is 1. The van der Waals surface area contributed by atoms with Crippen LogP contribution in [0.1, 0.15) is 245 Å². The van der Waals surface area contributed by atoms with Crippen molar-refractivity contribution in [3.63, 3.8) is 0 Å². The van der Waals surface area contributed by atoms with Gasteiger partial charge in [0.25, 0.3) is 0 Å². The Bertz CT molecular complexity index is 1230. The molecule has 0 spiro atoms. The Balaban J connectivity index is 2.26. The predicted molar refractivity (Wildman–Crippen MR) is 281 cm³/mol. The summed E-state index contributed by atoms with van der Waals surface area (Å²) in [6.45, 7) is 3.68. The van der Waals surface area contributed by atoms with Crippen molar-refractivity contribution in [2.24, 2.45) is 0 Å². The number of rotatable bonds is 47. The van der Waals surface area contributed by atoms with E-state index in [1.54, 1.807) is 6.08 Å². The van der Waals surface area contributed by atoms with Gasteiger partial charge in [0, 0.05) is 6.42 Å². The predicted octanol–water partition coefficient (Wildman–Crippen LogP) is 13.5. The van der Waals surface area contributed by atoms with Gasteiger partial charge in [0.05, 0.1) is 25.4 Å². The lowest BCUT2D eigenvalue weighted by atomic mass is 9.99. The summed E-state index contributed by atoms with van der Waals surface area (Å²) in [5.74, 6) is -0.182. The molecular weight excluding hydrogens is 839 g/mol. The fourth-order valence-electron chi connectivity index (χ4n) is 8.68. The Labute approximate surface area is 411 Å². The van der Waals surface area contributed by atoms with Gasteiger partial charge in [-0.25, -0.2) is 0 Å². The van der Waals surface area contributed by atoms with E-state index in [1.165, 1.54) is 154 Å². The summed E-state index contributed by atoms with van der Waals surface area (Å²) in [5, 5.41) is 54.5. The van der Waals surface area contributed by atoms with E-state index in [0.29, 0.717) is 6.42 Å². The highest BCUT2D eigenvalue weighted by Gasteiger charge is 2.44. The van der Waals surface area contributed by atoms with Gasteiger partial charge in [-0.05, 0) is 57.8 Å². The van der Waals surface area contributed by atoms with E-state index in [0.717, 1.165) is 70.6 Å². The van der Waals surface area contributed by atoms with Crippen LogP contribution < -0.4 is 5.32 Å². The van der Waals surface area contributed by atoms with Crippen LogP contribution in [0.25, 0.3) is 0 Å². The minimum Gasteiger partial charge on any atom is -0.394 e. The minimum atomic E-state index is -1.57.